The molecule has 5 rings (SSSR count). The topological polar surface area (TPSA) is 120 Å². The highest BCUT2D eigenvalue weighted by molar-refractivity contribution is 9.10. The lowest BCUT2D eigenvalue weighted by Gasteiger charge is -2.25. The lowest BCUT2D eigenvalue weighted by atomic mass is 9.98. The van der Waals surface area contributed by atoms with Crippen LogP contribution in [0.3, 0.4) is 0 Å². The average Bonchev–Trinajstić information content (AvgIpc) is 3.16. The number of amides is 2. The number of nitrogens with zero attached hydrogens (tertiary/aromatic N) is 1. The van der Waals surface area contributed by atoms with E-state index in [1.165, 1.54) is 11.8 Å². The molecule has 1 unspecified atom stereocenters. The number of Topliss-reactive ketones (excluding diaryl/α,β-unsaturated/α-hetero) is 1. The second kappa shape index (κ2) is 9.09. The smallest absolute Gasteiger partial charge is 0.295 e. The summed E-state index contributed by atoms with van der Waals surface area (Å²) in [7, 11) is 0. The molecule has 0 radical (unpaired) electrons. The van der Waals surface area contributed by atoms with E-state index in [2.05, 4.69) is 15.9 Å². The molecule has 36 heavy (non-hydrogen) atoms. The number of carbonyl (C=O) groups is 3. The van der Waals surface area contributed by atoms with Crippen LogP contribution in [0.15, 0.2) is 80.4 Å². The Morgan fingerprint density at radius 3 is 2.36 bits per heavy atom. The second-order valence-corrected chi connectivity index (χ2v) is 9.23. The zero-order valence-electron chi connectivity index (χ0n) is 19.0. The summed E-state index contributed by atoms with van der Waals surface area (Å²) in [6, 6.07) is 17.5. The summed E-state index contributed by atoms with van der Waals surface area (Å²) in [5.74, 6) is -0.806. The number of ether oxygens (including phenoxy) is 1. The molecule has 1 aliphatic heterocycles. The fourth-order valence-corrected chi connectivity index (χ4v) is 4.65. The van der Waals surface area contributed by atoms with Gasteiger partial charge < -0.3 is 14.9 Å². The number of fused-ring (bicyclic) bond motifs is 2. The maximum Gasteiger partial charge on any atom is 0.295 e. The van der Waals surface area contributed by atoms with Crippen molar-refractivity contribution in [1.29, 1.82) is 0 Å². The quantitative estimate of drug-likeness (QED) is 0.358. The first kappa shape index (κ1) is 23.5. The van der Waals surface area contributed by atoms with Crippen LogP contribution in [0, 0.1) is 0 Å². The Hall–Kier alpha value is -4.24. The molecule has 2 N–H and O–H groups in total. The van der Waals surface area contributed by atoms with Gasteiger partial charge in [0.15, 0.2) is 17.8 Å². The van der Waals surface area contributed by atoms with Crippen molar-refractivity contribution >= 4 is 50.2 Å². The van der Waals surface area contributed by atoms with Gasteiger partial charge in [-0.2, -0.15) is 0 Å². The summed E-state index contributed by atoms with van der Waals surface area (Å²) in [5, 5.41) is 0.344. The van der Waals surface area contributed by atoms with E-state index in [1.54, 1.807) is 66.7 Å². The van der Waals surface area contributed by atoms with Gasteiger partial charge in [-0.05, 0) is 67.1 Å². The van der Waals surface area contributed by atoms with Crippen molar-refractivity contribution in [3.63, 3.8) is 0 Å². The van der Waals surface area contributed by atoms with Crippen LogP contribution in [-0.2, 0) is 4.79 Å². The number of benzene rings is 3. The Morgan fingerprint density at radius 2 is 1.72 bits per heavy atom. The molecule has 0 fully saturated rings. The standard InChI is InChI=1S/C27H19BrN2O6/c1-14(31)15-2-7-18(8-3-15)30-24(16-4-9-19(10-5-16)35-13-22(29)32)23-25(33)20-12-17(28)6-11-21(20)36-26(23)27(30)34/h2-12,24H,13H2,1H3,(H2,29,32). The number of anilines is 1. The third-order valence-corrected chi connectivity index (χ3v) is 6.45. The fourth-order valence-electron chi connectivity index (χ4n) is 4.28. The summed E-state index contributed by atoms with van der Waals surface area (Å²) in [5.41, 5.74) is 6.98. The minimum Gasteiger partial charge on any atom is -0.484 e. The number of ketones is 1. The zero-order chi connectivity index (χ0) is 25.6. The summed E-state index contributed by atoms with van der Waals surface area (Å²) >= 11 is 3.39. The molecular formula is C27H19BrN2O6. The lowest BCUT2D eigenvalue weighted by Crippen LogP contribution is -2.29. The highest BCUT2D eigenvalue weighted by atomic mass is 79.9. The van der Waals surface area contributed by atoms with Crippen LogP contribution in [0.5, 0.6) is 5.75 Å². The number of halogens is 1. The molecule has 8 nitrogen and oxygen atoms in total. The predicted molar refractivity (Wildman–Crippen MR) is 136 cm³/mol. The monoisotopic (exact) mass is 546 g/mol. The van der Waals surface area contributed by atoms with E-state index in [4.69, 9.17) is 14.9 Å². The summed E-state index contributed by atoms with van der Waals surface area (Å²) in [6.45, 7) is 1.19. The van der Waals surface area contributed by atoms with Crippen LogP contribution in [0.4, 0.5) is 5.69 Å². The van der Waals surface area contributed by atoms with Gasteiger partial charge in [-0.1, -0.05) is 28.1 Å². The van der Waals surface area contributed by atoms with Gasteiger partial charge in [0.25, 0.3) is 11.8 Å². The van der Waals surface area contributed by atoms with Gasteiger partial charge in [0, 0.05) is 15.7 Å². The molecule has 0 spiro atoms. The highest BCUT2D eigenvalue weighted by Gasteiger charge is 2.43. The molecule has 0 saturated carbocycles. The van der Waals surface area contributed by atoms with Gasteiger partial charge in [-0.25, -0.2) is 0 Å². The molecule has 0 saturated heterocycles. The van der Waals surface area contributed by atoms with Crippen LogP contribution < -0.4 is 20.8 Å². The number of carbonyl (C=O) groups excluding carboxylic acids is 3. The molecule has 2 amide bonds. The third-order valence-electron chi connectivity index (χ3n) is 5.96. The van der Waals surface area contributed by atoms with Crippen molar-refractivity contribution in [3.05, 3.63) is 104 Å². The van der Waals surface area contributed by atoms with Gasteiger partial charge in [-0.3, -0.25) is 24.1 Å². The minimum atomic E-state index is -0.791. The molecule has 2 heterocycles. The van der Waals surface area contributed by atoms with Crippen molar-refractivity contribution in [2.45, 2.75) is 13.0 Å². The largest absolute Gasteiger partial charge is 0.484 e. The Labute approximate surface area is 213 Å². The summed E-state index contributed by atoms with van der Waals surface area (Å²) in [6.07, 6.45) is 0. The van der Waals surface area contributed by atoms with E-state index < -0.39 is 17.9 Å². The van der Waals surface area contributed by atoms with E-state index >= 15 is 0 Å². The van der Waals surface area contributed by atoms with Crippen LogP contribution in [-0.4, -0.2) is 24.2 Å². The zero-order valence-corrected chi connectivity index (χ0v) is 20.6. The lowest BCUT2D eigenvalue weighted by molar-refractivity contribution is -0.119. The Bertz CT molecular complexity index is 1590. The van der Waals surface area contributed by atoms with Crippen LogP contribution in [0.1, 0.15) is 45.0 Å². The van der Waals surface area contributed by atoms with Crippen LogP contribution >= 0.6 is 15.9 Å². The third kappa shape index (κ3) is 4.07. The predicted octanol–water partition coefficient (Wildman–Crippen LogP) is 4.37. The number of nitrogens with two attached hydrogens (primary N) is 1. The Balaban J connectivity index is 1.68. The van der Waals surface area contributed by atoms with E-state index in [0.29, 0.717) is 38.0 Å². The number of primary amides is 1. The van der Waals surface area contributed by atoms with E-state index in [0.717, 1.165) is 0 Å². The summed E-state index contributed by atoms with van der Waals surface area (Å²) in [4.78, 5) is 51.6. The first-order valence-corrected chi connectivity index (χ1v) is 11.8. The molecule has 0 aliphatic carbocycles. The van der Waals surface area contributed by atoms with Crippen molar-refractivity contribution in [1.82, 2.24) is 0 Å². The van der Waals surface area contributed by atoms with Gasteiger partial charge in [-0.15, -0.1) is 0 Å². The van der Waals surface area contributed by atoms with Crippen molar-refractivity contribution in [2.75, 3.05) is 11.5 Å². The molecule has 1 aromatic heterocycles. The molecule has 0 bridgehead atoms. The Morgan fingerprint density at radius 1 is 1.03 bits per heavy atom. The molecule has 3 aromatic carbocycles. The van der Waals surface area contributed by atoms with Gasteiger partial charge in [0.05, 0.1) is 17.0 Å². The molecule has 9 heteroatoms. The first-order chi connectivity index (χ1) is 17.2. The van der Waals surface area contributed by atoms with Crippen molar-refractivity contribution in [2.24, 2.45) is 5.73 Å². The van der Waals surface area contributed by atoms with E-state index in [9.17, 15) is 19.2 Å². The van der Waals surface area contributed by atoms with Crippen molar-refractivity contribution < 1.29 is 23.5 Å². The number of hydrogen-bond donors (Lipinski definition) is 1. The molecular weight excluding hydrogens is 528 g/mol. The maximum atomic E-state index is 13.7. The maximum absolute atomic E-state index is 13.7. The van der Waals surface area contributed by atoms with Gasteiger partial charge in [0.1, 0.15) is 11.3 Å². The number of rotatable bonds is 6. The molecule has 180 valence electrons. The van der Waals surface area contributed by atoms with Gasteiger partial charge in [0.2, 0.25) is 5.76 Å². The molecule has 4 aromatic rings. The first-order valence-electron chi connectivity index (χ1n) is 11.0. The normalized spacial score (nSPS) is 14.7. The molecule has 1 atom stereocenters. The average molecular weight is 547 g/mol. The summed E-state index contributed by atoms with van der Waals surface area (Å²) < 4.78 is 12.0. The van der Waals surface area contributed by atoms with Gasteiger partial charge >= 0.3 is 0 Å². The van der Waals surface area contributed by atoms with Crippen LogP contribution in [0.2, 0.25) is 0 Å². The second-order valence-electron chi connectivity index (χ2n) is 8.32. The SMILES string of the molecule is CC(=O)c1ccc(N2C(=O)c3oc4ccc(Br)cc4c(=O)c3C2c2ccc(OCC(N)=O)cc2)cc1. The van der Waals surface area contributed by atoms with Crippen LogP contribution in [0.25, 0.3) is 11.0 Å². The highest BCUT2D eigenvalue weighted by Crippen LogP contribution is 2.41. The van der Waals surface area contributed by atoms with Crippen molar-refractivity contribution in [3.8, 4) is 5.75 Å². The minimum absolute atomic E-state index is 0.0375. The molecule has 1 aliphatic rings. The fraction of sp³-hybridized carbons (Fsp3) is 0.111. The Kier molecular flexibility index (Phi) is 5.93. The number of hydrogen-bond acceptors (Lipinski definition) is 6. The van der Waals surface area contributed by atoms with E-state index in [1.807, 2.05) is 0 Å². The van der Waals surface area contributed by atoms with E-state index in [-0.39, 0.29) is 29.1 Å².